The highest BCUT2D eigenvalue weighted by molar-refractivity contribution is 5.74. The predicted molar refractivity (Wildman–Crippen MR) is 112 cm³/mol. The molecule has 0 aliphatic carbocycles. The molecular weight excluding hydrogens is 350 g/mol. The molecule has 0 radical (unpaired) electrons. The Kier molecular flexibility index (Phi) is 6.93. The van der Waals surface area contributed by atoms with E-state index >= 15 is 0 Å². The molecule has 1 heterocycles. The third-order valence-corrected chi connectivity index (χ3v) is 4.98. The van der Waals surface area contributed by atoms with E-state index in [1.807, 2.05) is 56.0 Å². The van der Waals surface area contributed by atoms with Crippen molar-refractivity contribution in [2.24, 2.45) is 0 Å². The number of carbonyl (C=O) groups is 1. The SMILES string of the molecule is CC(C)Oc1cccc(C(C)NC(=O)N2CCN(Cc3ccccc3)CC2)c1. The van der Waals surface area contributed by atoms with Gasteiger partial charge in [0.25, 0.3) is 0 Å². The van der Waals surface area contributed by atoms with Crippen molar-refractivity contribution in [3.63, 3.8) is 0 Å². The van der Waals surface area contributed by atoms with E-state index in [-0.39, 0.29) is 18.2 Å². The minimum absolute atomic E-state index is 0.00189. The van der Waals surface area contributed by atoms with E-state index in [1.165, 1.54) is 5.56 Å². The molecule has 0 bridgehead atoms. The summed E-state index contributed by atoms with van der Waals surface area (Å²) in [5.74, 6) is 0.836. The van der Waals surface area contributed by atoms with Gasteiger partial charge in [0.15, 0.2) is 0 Å². The lowest BCUT2D eigenvalue weighted by Crippen LogP contribution is -2.51. The zero-order valence-electron chi connectivity index (χ0n) is 17.1. The first kappa shape index (κ1) is 20.2. The number of benzene rings is 2. The first-order valence-corrected chi connectivity index (χ1v) is 10.1. The number of urea groups is 1. The lowest BCUT2D eigenvalue weighted by atomic mass is 10.1. The second-order valence-electron chi connectivity index (χ2n) is 7.66. The van der Waals surface area contributed by atoms with Crippen molar-refractivity contribution in [3.8, 4) is 5.75 Å². The van der Waals surface area contributed by atoms with Gasteiger partial charge < -0.3 is 15.0 Å². The van der Waals surface area contributed by atoms with Crippen molar-refractivity contribution in [2.45, 2.75) is 39.5 Å². The van der Waals surface area contributed by atoms with Gasteiger partial charge in [-0.2, -0.15) is 0 Å². The third-order valence-electron chi connectivity index (χ3n) is 4.98. The van der Waals surface area contributed by atoms with E-state index in [1.54, 1.807) is 0 Å². The van der Waals surface area contributed by atoms with Crippen LogP contribution < -0.4 is 10.1 Å². The fourth-order valence-corrected chi connectivity index (χ4v) is 3.44. The van der Waals surface area contributed by atoms with Crippen LogP contribution in [0.1, 0.15) is 37.9 Å². The molecule has 150 valence electrons. The molecule has 0 aromatic heterocycles. The van der Waals surface area contributed by atoms with Gasteiger partial charge in [-0.3, -0.25) is 4.90 Å². The Bertz CT molecular complexity index is 755. The standard InChI is InChI=1S/C23H31N3O2/c1-18(2)28-22-11-7-10-21(16-22)19(3)24-23(27)26-14-12-25(13-15-26)17-20-8-5-4-6-9-20/h4-11,16,18-19H,12-15,17H2,1-3H3,(H,24,27). The largest absolute Gasteiger partial charge is 0.491 e. The summed E-state index contributed by atoms with van der Waals surface area (Å²) >= 11 is 0. The molecule has 1 unspecified atom stereocenters. The summed E-state index contributed by atoms with van der Waals surface area (Å²) in [6.07, 6.45) is 0.132. The molecule has 28 heavy (non-hydrogen) atoms. The van der Waals surface area contributed by atoms with Crippen molar-refractivity contribution in [1.29, 1.82) is 0 Å². The van der Waals surface area contributed by atoms with Crippen LogP contribution in [0.15, 0.2) is 54.6 Å². The third kappa shape index (κ3) is 5.73. The van der Waals surface area contributed by atoms with Crippen molar-refractivity contribution in [3.05, 3.63) is 65.7 Å². The monoisotopic (exact) mass is 381 g/mol. The van der Waals surface area contributed by atoms with E-state index < -0.39 is 0 Å². The highest BCUT2D eigenvalue weighted by atomic mass is 16.5. The molecule has 2 amide bonds. The first-order chi connectivity index (χ1) is 13.5. The van der Waals surface area contributed by atoms with E-state index in [2.05, 4.69) is 34.5 Å². The maximum absolute atomic E-state index is 12.7. The Morgan fingerprint density at radius 2 is 1.71 bits per heavy atom. The number of ether oxygens (including phenoxy) is 1. The fraction of sp³-hybridized carbons (Fsp3) is 0.435. The summed E-state index contributed by atoms with van der Waals surface area (Å²) in [6.45, 7) is 10.3. The van der Waals surface area contributed by atoms with E-state index in [0.29, 0.717) is 0 Å². The normalized spacial score (nSPS) is 16.1. The van der Waals surface area contributed by atoms with Crippen molar-refractivity contribution in [2.75, 3.05) is 26.2 Å². The molecule has 1 fully saturated rings. The highest BCUT2D eigenvalue weighted by Gasteiger charge is 2.22. The van der Waals surface area contributed by atoms with Crippen molar-refractivity contribution in [1.82, 2.24) is 15.1 Å². The Morgan fingerprint density at radius 3 is 2.39 bits per heavy atom. The van der Waals surface area contributed by atoms with Gasteiger partial charge in [0, 0.05) is 32.7 Å². The molecule has 1 aliphatic rings. The summed E-state index contributed by atoms with van der Waals surface area (Å²) < 4.78 is 5.76. The van der Waals surface area contributed by atoms with Crippen LogP contribution >= 0.6 is 0 Å². The van der Waals surface area contributed by atoms with Crippen molar-refractivity contribution < 1.29 is 9.53 Å². The van der Waals surface area contributed by atoms with E-state index in [4.69, 9.17) is 4.74 Å². The van der Waals surface area contributed by atoms with Gasteiger partial charge in [-0.1, -0.05) is 42.5 Å². The van der Waals surface area contributed by atoms with Gasteiger partial charge >= 0.3 is 6.03 Å². The fourth-order valence-electron chi connectivity index (χ4n) is 3.44. The van der Waals surface area contributed by atoms with Crippen LogP contribution in [0, 0.1) is 0 Å². The first-order valence-electron chi connectivity index (χ1n) is 10.1. The quantitative estimate of drug-likeness (QED) is 0.821. The number of nitrogens with one attached hydrogen (secondary N) is 1. The van der Waals surface area contributed by atoms with Gasteiger partial charge in [-0.15, -0.1) is 0 Å². The van der Waals surface area contributed by atoms with Gasteiger partial charge in [0.2, 0.25) is 0 Å². The van der Waals surface area contributed by atoms with Gasteiger partial charge in [-0.05, 0) is 44.0 Å². The zero-order valence-corrected chi connectivity index (χ0v) is 17.1. The van der Waals surface area contributed by atoms with Crippen molar-refractivity contribution >= 4 is 6.03 Å². The lowest BCUT2D eigenvalue weighted by Gasteiger charge is -2.35. The van der Waals surface area contributed by atoms with E-state index in [9.17, 15) is 4.79 Å². The summed E-state index contributed by atoms with van der Waals surface area (Å²) in [6, 6.07) is 18.4. The van der Waals surface area contributed by atoms with Crippen LogP contribution in [0.5, 0.6) is 5.75 Å². The average Bonchev–Trinajstić information content (AvgIpc) is 2.69. The summed E-state index contributed by atoms with van der Waals surface area (Å²) in [4.78, 5) is 17.0. The van der Waals surface area contributed by atoms with Crippen LogP contribution in [0.2, 0.25) is 0 Å². The Labute approximate surface area is 168 Å². The zero-order chi connectivity index (χ0) is 19.9. The van der Waals surface area contributed by atoms with E-state index in [0.717, 1.165) is 44.0 Å². The number of hydrogen-bond acceptors (Lipinski definition) is 3. The number of carbonyl (C=O) groups excluding carboxylic acids is 1. The molecule has 5 nitrogen and oxygen atoms in total. The Hall–Kier alpha value is -2.53. The topological polar surface area (TPSA) is 44.8 Å². The molecule has 0 saturated carbocycles. The smallest absolute Gasteiger partial charge is 0.317 e. The Balaban J connectivity index is 1.49. The molecule has 1 saturated heterocycles. The second-order valence-corrected chi connectivity index (χ2v) is 7.66. The van der Waals surface area contributed by atoms with Crippen LogP contribution in [-0.4, -0.2) is 48.1 Å². The molecular formula is C23H31N3O2. The van der Waals surface area contributed by atoms with Crippen LogP contribution in [0.25, 0.3) is 0 Å². The molecule has 3 rings (SSSR count). The minimum atomic E-state index is -0.0643. The molecule has 0 spiro atoms. The summed E-state index contributed by atoms with van der Waals surface area (Å²) in [5, 5.41) is 3.12. The second kappa shape index (κ2) is 9.60. The van der Waals surface area contributed by atoms with Gasteiger partial charge in [0.1, 0.15) is 5.75 Å². The molecule has 2 aromatic rings. The lowest BCUT2D eigenvalue weighted by molar-refractivity contribution is 0.133. The molecule has 1 aliphatic heterocycles. The van der Waals surface area contributed by atoms with Crippen LogP contribution in [0.3, 0.4) is 0 Å². The van der Waals surface area contributed by atoms with Gasteiger partial charge in [-0.25, -0.2) is 4.79 Å². The Morgan fingerprint density at radius 1 is 1.00 bits per heavy atom. The maximum atomic E-state index is 12.7. The van der Waals surface area contributed by atoms with Crippen LogP contribution in [-0.2, 0) is 6.54 Å². The molecule has 2 aromatic carbocycles. The summed E-state index contributed by atoms with van der Waals surface area (Å²) in [7, 11) is 0. The van der Waals surface area contributed by atoms with Gasteiger partial charge in [0.05, 0.1) is 12.1 Å². The van der Waals surface area contributed by atoms with Crippen LogP contribution in [0.4, 0.5) is 4.79 Å². The molecule has 1 N–H and O–H groups in total. The predicted octanol–water partition coefficient (Wildman–Crippen LogP) is 4.06. The number of amides is 2. The minimum Gasteiger partial charge on any atom is -0.491 e. The summed E-state index contributed by atoms with van der Waals surface area (Å²) in [5.41, 5.74) is 2.37. The number of hydrogen-bond donors (Lipinski definition) is 1. The molecule has 1 atom stereocenters. The molecule has 5 heteroatoms. The maximum Gasteiger partial charge on any atom is 0.317 e. The number of nitrogens with zero attached hydrogens (tertiary/aromatic N) is 2. The highest BCUT2D eigenvalue weighted by Crippen LogP contribution is 2.20. The average molecular weight is 382 g/mol. The number of piperazine rings is 1. The number of rotatable bonds is 6.